The second kappa shape index (κ2) is 8.46. The van der Waals surface area contributed by atoms with Gasteiger partial charge in [0.2, 0.25) is 0 Å². The van der Waals surface area contributed by atoms with Crippen LogP contribution in [0.5, 0.6) is 0 Å². The molecule has 0 unspecified atom stereocenters. The van der Waals surface area contributed by atoms with Gasteiger partial charge in [-0.2, -0.15) is 18.3 Å². The summed E-state index contributed by atoms with van der Waals surface area (Å²) in [6.07, 6.45) is -2.86. The van der Waals surface area contributed by atoms with Crippen LogP contribution in [-0.4, -0.2) is 61.7 Å². The van der Waals surface area contributed by atoms with Crippen LogP contribution in [0.2, 0.25) is 0 Å². The molecule has 1 aliphatic heterocycles. The summed E-state index contributed by atoms with van der Waals surface area (Å²) in [6.45, 7) is 4.45. The summed E-state index contributed by atoms with van der Waals surface area (Å²) in [5, 5.41) is 31.5. The number of halogens is 3. The van der Waals surface area contributed by atoms with Gasteiger partial charge in [-0.3, -0.25) is 4.98 Å². The smallest absolute Gasteiger partial charge is 0.388 e. The number of aliphatic hydroxyl groups excluding tert-OH is 2. The second-order valence-electron chi connectivity index (χ2n) is 7.48. The van der Waals surface area contributed by atoms with E-state index in [1.807, 2.05) is 6.07 Å². The summed E-state index contributed by atoms with van der Waals surface area (Å²) < 4.78 is 38.6. The van der Waals surface area contributed by atoms with Crippen molar-refractivity contribution in [2.75, 3.05) is 23.3 Å². The van der Waals surface area contributed by atoms with Crippen LogP contribution in [0, 0.1) is 5.92 Å². The number of rotatable bonds is 5. The fourth-order valence-electron chi connectivity index (χ4n) is 3.30. The molecule has 2 aromatic heterocycles. The number of hydrogen-bond donors (Lipinski definition) is 3. The highest BCUT2D eigenvalue weighted by Gasteiger charge is 2.37. The van der Waals surface area contributed by atoms with Crippen LogP contribution in [0.4, 0.5) is 24.8 Å². The maximum atomic E-state index is 12.9. The maximum absolute atomic E-state index is 12.9. The van der Waals surface area contributed by atoms with Crippen molar-refractivity contribution in [2.45, 2.75) is 44.7 Å². The number of aliphatic hydroxyl groups is 2. The summed E-state index contributed by atoms with van der Waals surface area (Å²) >= 11 is 0. The van der Waals surface area contributed by atoms with Crippen LogP contribution in [0.1, 0.15) is 25.1 Å². The average Bonchev–Trinajstić information content (AvgIpc) is 2.65. The minimum atomic E-state index is -4.63. The molecule has 11 heteroatoms. The molecule has 0 spiro atoms. The van der Waals surface area contributed by atoms with Crippen molar-refractivity contribution >= 4 is 11.6 Å². The summed E-state index contributed by atoms with van der Waals surface area (Å²) in [5.41, 5.74) is -0.199. The number of piperidine rings is 1. The van der Waals surface area contributed by atoms with Crippen molar-refractivity contribution in [1.82, 2.24) is 20.2 Å². The lowest BCUT2D eigenvalue weighted by Crippen LogP contribution is -2.58. The Kier molecular flexibility index (Phi) is 6.18. The monoisotopic (exact) mass is 412 g/mol. The molecular weight excluding hydrogens is 389 g/mol. The van der Waals surface area contributed by atoms with Crippen LogP contribution < -0.4 is 10.2 Å². The van der Waals surface area contributed by atoms with Gasteiger partial charge >= 0.3 is 6.18 Å². The molecule has 0 radical (unpaired) electrons. The van der Waals surface area contributed by atoms with Crippen molar-refractivity contribution in [1.29, 1.82) is 0 Å². The van der Waals surface area contributed by atoms with Gasteiger partial charge in [0.25, 0.3) is 0 Å². The maximum Gasteiger partial charge on any atom is 0.434 e. The van der Waals surface area contributed by atoms with E-state index < -0.39 is 30.1 Å². The Balaban J connectivity index is 1.82. The van der Waals surface area contributed by atoms with Crippen molar-refractivity contribution in [3.63, 3.8) is 0 Å². The molecule has 2 aromatic rings. The Bertz CT molecular complexity index is 835. The highest BCUT2D eigenvalue weighted by molar-refractivity contribution is 5.48. The number of hydrogen-bond acceptors (Lipinski definition) is 8. The van der Waals surface area contributed by atoms with Crippen LogP contribution in [0.3, 0.4) is 0 Å². The van der Waals surface area contributed by atoms with Crippen molar-refractivity contribution < 1.29 is 23.4 Å². The van der Waals surface area contributed by atoms with Crippen molar-refractivity contribution in [3.8, 4) is 0 Å². The molecular formula is C18H23F3N6O2. The standard InChI is InChI=1S/C18H23F3N6O2/c1-10(2)5-11-3-4-23-26-17(11)27-8-12(16(29)13(28)9-27)24-15-7-22-6-14(25-15)18(19,20)21/h3-4,6-7,10,12-13,16,28-29H,5,8-9H2,1-2H3,(H,24,25)/t12-,13-,16+/m0/s1. The molecule has 3 rings (SSSR count). The zero-order chi connectivity index (χ0) is 21.2. The third-order valence-electron chi connectivity index (χ3n) is 4.60. The predicted molar refractivity (Wildman–Crippen MR) is 99.2 cm³/mol. The lowest BCUT2D eigenvalue weighted by atomic mass is 9.97. The van der Waals surface area contributed by atoms with E-state index in [9.17, 15) is 23.4 Å². The lowest BCUT2D eigenvalue weighted by molar-refractivity contribution is -0.141. The lowest BCUT2D eigenvalue weighted by Gasteiger charge is -2.40. The quantitative estimate of drug-likeness (QED) is 0.679. The van der Waals surface area contributed by atoms with Gasteiger partial charge in [0.15, 0.2) is 11.5 Å². The van der Waals surface area contributed by atoms with Crippen LogP contribution in [0.15, 0.2) is 24.7 Å². The predicted octanol–water partition coefficient (Wildman–Crippen LogP) is 1.51. The summed E-state index contributed by atoms with van der Waals surface area (Å²) in [6, 6.07) is 1.06. The first-order valence-corrected chi connectivity index (χ1v) is 9.22. The van der Waals surface area contributed by atoms with Gasteiger partial charge in [-0.25, -0.2) is 4.98 Å². The molecule has 0 bridgehead atoms. The van der Waals surface area contributed by atoms with E-state index in [-0.39, 0.29) is 18.9 Å². The second-order valence-corrected chi connectivity index (χ2v) is 7.48. The Morgan fingerprint density at radius 3 is 2.69 bits per heavy atom. The van der Waals surface area contributed by atoms with E-state index in [0.29, 0.717) is 17.9 Å². The molecule has 1 saturated heterocycles. The zero-order valence-electron chi connectivity index (χ0n) is 16.0. The fourth-order valence-corrected chi connectivity index (χ4v) is 3.30. The van der Waals surface area contributed by atoms with E-state index >= 15 is 0 Å². The summed E-state index contributed by atoms with van der Waals surface area (Å²) in [7, 11) is 0. The van der Waals surface area contributed by atoms with Crippen LogP contribution >= 0.6 is 0 Å². The first-order valence-electron chi connectivity index (χ1n) is 9.22. The van der Waals surface area contributed by atoms with Crippen molar-refractivity contribution in [2.24, 2.45) is 5.92 Å². The third-order valence-corrected chi connectivity index (χ3v) is 4.60. The summed E-state index contributed by atoms with van der Waals surface area (Å²) in [5.74, 6) is 0.807. The molecule has 3 N–H and O–H groups in total. The fraction of sp³-hybridized carbons (Fsp3) is 0.556. The van der Waals surface area contributed by atoms with Gasteiger partial charge in [0, 0.05) is 13.1 Å². The van der Waals surface area contributed by atoms with E-state index in [4.69, 9.17) is 0 Å². The van der Waals surface area contributed by atoms with E-state index in [2.05, 4.69) is 39.3 Å². The number of nitrogens with zero attached hydrogens (tertiary/aromatic N) is 5. The van der Waals surface area contributed by atoms with E-state index in [1.54, 1.807) is 11.1 Å². The van der Waals surface area contributed by atoms with Crippen molar-refractivity contribution in [3.05, 3.63) is 35.9 Å². The number of aromatic nitrogens is 4. The van der Waals surface area contributed by atoms with Gasteiger partial charge in [0.05, 0.1) is 30.7 Å². The highest BCUT2D eigenvalue weighted by Crippen LogP contribution is 2.28. The largest absolute Gasteiger partial charge is 0.434 e. The Morgan fingerprint density at radius 2 is 2.00 bits per heavy atom. The molecule has 0 aliphatic carbocycles. The van der Waals surface area contributed by atoms with Gasteiger partial charge in [0.1, 0.15) is 11.9 Å². The Labute approximate surface area is 165 Å². The van der Waals surface area contributed by atoms with Gasteiger partial charge < -0.3 is 20.4 Å². The van der Waals surface area contributed by atoms with Crippen LogP contribution in [-0.2, 0) is 12.6 Å². The minimum Gasteiger partial charge on any atom is -0.388 e. The molecule has 0 aromatic carbocycles. The SMILES string of the molecule is CC(C)Cc1ccnnc1N1C[C@H](Nc2cncc(C(F)(F)F)n2)[C@@H](O)[C@@H](O)C1. The number of nitrogens with one attached hydrogen (secondary N) is 1. The topological polar surface area (TPSA) is 107 Å². The first-order chi connectivity index (χ1) is 13.6. The van der Waals surface area contributed by atoms with Crippen LogP contribution in [0.25, 0.3) is 0 Å². The zero-order valence-corrected chi connectivity index (χ0v) is 16.0. The highest BCUT2D eigenvalue weighted by atomic mass is 19.4. The molecule has 8 nitrogen and oxygen atoms in total. The molecule has 29 heavy (non-hydrogen) atoms. The molecule has 0 saturated carbocycles. The molecule has 158 valence electrons. The van der Waals surface area contributed by atoms with Gasteiger partial charge in [-0.05, 0) is 24.0 Å². The minimum absolute atomic E-state index is 0.122. The van der Waals surface area contributed by atoms with E-state index in [0.717, 1.165) is 18.2 Å². The molecule has 3 heterocycles. The molecule has 3 atom stereocenters. The Hall–Kier alpha value is -2.53. The normalized spacial score (nSPS) is 22.8. The van der Waals surface area contributed by atoms with Gasteiger partial charge in [-0.1, -0.05) is 13.8 Å². The molecule has 0 amide bonds. The first kappa shape index (κ1) is 21.2. The number of anilines is 2. The number of β-amino-alcohol motifs (C(OH)–C–C–N with tert-alkyl or cyclic N) is 1. The molecule has 1 aliphatic rings. The van der Waals surface area contributed by atoms with E-state index in [1.165, 1.54) is 0 Å². The summed E-state index contributed by atoms with van der Waals surface area (Å²) in [4.78, 5) is 8.84. The van der Waals surface area contributed by atoms with Gasteiger partial charge in [-0.15, -0.1) is 5.10 Å². The molecule has 1 fully saturated rings. The Morgan fingerprint density at radius 1 is 1.24 bits per heavy atom. The third kappa shape index (κ3) is 5.10. The average molecular weight is 412 g/mol. The number of alkyl halides is 3.